The Labute approximate surface area is 90.9 Å². The van der Waals surface area contributed by atoms with Crippen LogP contribution in [0.25, 0.3) is 0 Å². The second kappa shape index (κ2) is 4.77. The number of hydrogen-bond donors (Lipinski definition) is 1. The molecule has 0 bridgehead atoms. The normalized spacial score (nSPS) is 14.3. The SMILES string of the molecule is CCCCc1cc(CO)cc2c1COC2. The minimum Gasteiger partial charge on any atom is -0.392 e. The van der Waals surface area contributed by atoms with Crippen molar-refractivity contribution in [1.29, 1.82) is 0 Å². The van der Waals surface area contributed by atoms with Crippen molar-refractivity contribution in [2.75, 3.05) is 0 Å². The molecular weight excluding hydrogens is 188 g/mol. The number of benzene rings is 1. The third kappa shape index (κ3) is 2.21. The van der Waals surface area contributed by atoms with E-state index in [0.29, 0.717) is 6.61 Å². The summed E-state index contributed by atoms with van der Waals surface area (Å²) in [4.78, 5) is 0. The number of unbranched alkanes of at least 4 members (excludes halogenated alkanes) is 1. The first-order chi connectivity index (χ1) is 7.35. The quantitative estimate of drug-likeness (QED) is 0.820. The van der Waals surface area contributed by atoms with Crippen molar-refractivity contribution < 1.29 is 9.84 Å². The Bertz CT molecular complexity index is 345. The fourth-order valence-electron chi connectivity index (χ4n) is 2.13. The van der Waals surface area contributed by atoms with Gasteiger partial charge in [0.2, 0.25) is 0 Å². The number of aliphatic hydroxyl groups is 1. The standard InChI is InChI=1S/C13H18O2/c1-2-3-4-11-5-10(7-14)6-12-8-15-9-13(11)12/h5-6,14H,2-4,7-9H2,1H3. The molecule has 1 aromatic rings. The molecular formula is C13H18O2. The Morgan fingerprint density at radius 3 is 2.93 bits per heavy atom. The molecule has 15 heavy (non-hydrogen) atoms. The number of aryl methyl sites for hydroxylation is 1. The summed E-state index contributed by atoms with van der Waals surface area (Å²) >= 11 is 0. The van der Waals surface area contributed by atoms with Crippen LogP contribution < -0.4 is 0 Å². The molecule has 2 nitrogen and oxygen atoms in total. The van der Waals surface area contributed by atoms with E-state index in [9.17, 15) is 5.11 Å². The molecule has 0 fully saturated rings. The van der Waals surface area contributed by atoms with E-state index in [0.717, 1.165) is 18.6 Å². The Balaban J connectivity index is 2.30. The number of fused-ring (bicyclic) bond motifs is 1. The Hall–Kier alpha value is -0.860. The Morgan fingerprint density at radius 1 is 1.33 bits per heavy atom. The molecule has 0 unspecified atom stereocenters. The maximum atomic E-state index is 9.18. The van der Waals surface area contributed by atoms with Gasteiger partial charge in [-0.1, -0.05) is 25.5 Å². The second-order valence-corrected chi connectivity index (χ2v) is 4.15. The highest BCUT2D eigenvalue weighted by Gasteiger charge is 2.16. The van der Waals surface area contributed by atoms with Crippen molar-refractivity contribution in [2.45, 2.75) is 46.0 Å². The lowest BCUT2D eigenvalue weighted by atomic mass is 9.96. The first-order valence-corrected chi connectivity index (χ1v) is 5.67. The maximum absolute atomic E-state index is 9.18. The van der Waals surface area contributed by atoms with Crippen LogP contribution >= 0.6 is 0 Å². The van der Waals surface area contributed by atoms with E-state index >= 15 is 0 Å². The summed E-state index contributed by atoms with van der Waals surface area (Å²) in [6.07, 6.45) is 3.52. The number of aliphatic hydroxyl groups excluding tert-OH is 1. The highest BCUT2D eigenvalue weighted by atomic mass is 16.5. The van der Waals surface area contributed by atoms with Gasteiger partial charge >= 0.3 is 0 Å². The first kappa shape index (κ1) is 10.7. The summed E-state index contributed by atoms with van der Waals surface area (Å²) in [7, 11) is 0. The predicted octanol–water partition coefficient (Wildman–Crippen LogP) is 2.55. The van der Waals surface area contributed by atoms with Crippen LogP contribution in [0.15, 0.2) is 12.1 Å². The molecule has 2 rings (SSSR count). The molecule has 0 saturated carbocycles. The van der Waals surface area contributed by atoms with Crippen molar-refractivity contribution in [3.05, 3.63) is 34.4 Å². The lowest BCUT2D eigenvalue weighted by Gasteiger charge is -2.09. The van der Waals surface area contributed by atoms with Gasteiger partial charge < -0.3 is 9.84 Å². The van der Waals surface area contributed by atoms with E-state index in [1.807, 2.05) is 0 Å². The van der Waals surface area contributed by atoms with Crippen molar-refractivity contribution in [1.82, 2.24) is 0 Å². The van der Waals surface area contributed by atoms with Gasteiger partial charge in [-0.2, -0.15) is 0 Å². The fourth-order valence-corrected chi connectivity index (χ4v) is 2.13. The summed E-state index contributed by atoms with van der Waals surface area (Å²) in [5.74, 6) is 0. The number of rotatable bonds is 4. The summed E-state index contributed by atoms with van der Waals surface area (Å²) in [5, 5.41) is 9.18. The van der Waals surface area contributed by atoms with E-state index in [2.05, 4.69) is 19.1 Å². The van der Waals surface area contributed by atoms with E-state index in [1.165, 1.54) is 29.5 Å². The van der Waals surface area contributed by atoms with Crippen molar-refractivity contribution >= 4 is 0 Å². The molecule has 1 aliphatic heterocycles. The van der Waals surface area contributed by atoms with Gasteiger partial charge in [0.05, 0.1) is 19.8 Å². The molecule has 0 atom stereocenters. The van der Waals surface area contributed by atoms with Gasteiger partial charge in [0, 0.05) is 0 Å². The smallest absolute Gasteiger partial charge is 0.0727 e. The Kier molecular flexibility index (Phi) is 3.39. The van der Waals surface area contributed by atoms with Crippen LogP contribution in [-0.2, 0) is 31.0 Å². The third-order valence-electron chi connectivity index (χ3n) is 2.98. The molecule has 2 heteroatoms. The van der Waals surface area contributed by atoms with Gasteiger partial charge in [-0.15, -0.1) is 0 Å². The highest BCUT2D eigenvalue weighted by molar-refractivity contribution is 5.40. The molecule has 1 heterocycles. The number of hydrogen-bond acceptors (Lipinski definition) is 2. The van der Waals surface area contributed by atoms with Crippen molar-refractivity contribution in [2.24, 2.45) is 0 Å². The van der Waals surface area contributed by atoms with Gasteiger partial charge in [0.15, 0.2) is 0 Å². The summed E-state index contributed by atoms with van der Waals surface area (Å²) in [6, 6.07) is 4.20. The van der Waals surface area contributed by atoms with E-state index < -0.39 is 0 Å². The van der Waals surface area contributed by atoms with Crippen LogP contribution in [0.3, 0.4) is 0 Å². The van der Waals surface area contributed by atoms with Crippen LogP contribution in [0.4, 0.5) is 0 Å². The molecule has 1 N–H and O–H groups in total. The lowest BCUT2D eigenvalue weighted by molar-refractivity contribution is 0.134. The fraction of sp³-hybridized carbons (Fsp3) is 0.538. The Morgan fingerprint density at radius 2 is 2.20 bits per heavy atom. The van der Waals surface area contributed by atoms with Crippen LogP contribution in [-0.4, -0.2) is 5.11 Å². The zero-order valence-corrected chi connectivity index (χ0v) is 9.25. The first-order valence-electron chi connectivity index (χ1n) is 5.67. The highest BCUT2D eigenvalue weighted by Crippen LogP contribution is 2.26. The molecule has 1 aromatic carbocycles. The van der Waals surface area contributed by atoms with Crippen LogP contribution in [0, 0.1) is 0 Å². The second-order valence-electron chi connectivity index (χ2n) is 4.15. The third-order valence-corrected chi connectivity index (χ3v) is 2.98. The number of ether oxygens (including phenoxy) is 1. The summed E-state index contributed by atoms with van der Waals surface area (Å²) in [6.45, 7) is 3.79. The molecule has 0 aliphatic carbocycles. The molecule has 0 spiro atoms. The van der Waals surface area contributed by atoms with Crippen molar-refractivity contribution in [3.63, 3.8) is 0 Å². The van der Waals surface area contributed by atoms with E-state index in [-0.39, 0.29) is 6.61 Å². The topological polar surface area (TPSA) is 29.5 Å². The average molecular weight is 206 g/mol. The van der Waals surface area contributed by atoms with Crippen molar-refractivity contribution in [3.8, 4) is 0 Å². The van der Waals surface area contributed by atoms with E-state index in [1.54, 1.807) is 0 Å². The molecule has 82 valence electrons. The maximum Gasteiger partial charge on any atom is 0.0727 e. The molecule has 0 radical (unpaired) electrons. The molecule has 0 aromatic heterocycles. The minimum absolute atomic E-state index is 0.131. The van der Waals surface area contributed by atoms with Gasteiger partial charge in [0.25, 0.3) is 0 Å². The summed E-state index contributed by atoms with van der Waals surface area (Å²) < 4.78 is 5.45. The average Bonchev–Trinajstić information content (AvgIpc) is 2.73. The zero-order valence-electron chi connectivity index (χ0n) is 9.25. The molecule has 1 aliphatic rings. The molecule has 0 saturated heterocycles. The molecule has 0 amide bonds. The minimum atomic E-state index is 0.131. The van der Waals surface area contributed by atoms with Gasteiger partial charge in [0.1, 0.15) is 0 Å². The van der Waals surface area contributed by atoms with Crippen LogP contribution in [0.5, 0.6) is 0 Å². The predicted molar refractivity (Wildman–Crippen MR) is 59.5 cm³/mol. The largest absolute Gasteiger partial charge is 0.392 e. The van der Waals surface area contributed by atoms with Crippen LogP contribution in [0.2, 0.25) is 0 Å². The lowest BCUT2D eigenvalue weighted by Crippen LogP contribution is -1.97. The van der Waals surface area contributed by atoms with Gasteiger partial charge in [-0.25, -0.2) is 0 Å². The monoisotopic (exact) mass is 206 g/mol. The van der Waals surface area contributed by atoms with Crippen LogP contribution in [0.1, 0.15) is 42.0 Å². The van der Waals surface area contributed by atoms with Gasteiger partial charge in [-0.3, -0.25) is 0 Å². The van der Waals surface area contributed by atoms with Gasteiger partial charge in [-0.05, 0) is 35.1 Å². The zero-order chi connectivity index (χ0) is 10.7. The van der Waals surface area contributed by atoms with E-state index in [4.69, 9.17) is 4.74 Å². The summed E-state index contributed by atoms with van der Waals surface area (Å²) in [5.41, 5.74) is 5.02.